The van der Waals surface area contributed by atoms with Crippen LogP contribution in [-0.2, 0) is 9.53 Å². The molecule has 148 valence electrons. The zero-order valence-corrected chi connectivity index (χ0v) is 17.3. The van der Waals surface area contributed by atoms with Crippen LogP contribution in [0.4, 0.5) is 0 Å². The van der Waals surface area contributed by atoms with Gasteiger partial charge in [0, 0.05) is 23.1 Å². The monoisotopic (exact) mass is 374 g/mol. The lowest BCUT2D eigenvalue weighted by Gasteiger charge is -2.22. The number of ether oxygens (including phenoxy) is 3. The van der Waals surface area contributed by atoms with Gasteiger partial charge in [0.25, 0.3) is 0 Å². The topological polar surface area (TPSA) is 65.0 Å². The molecule has 0 saturated carbocycles. The summed E-state index contributed by atoms with van der Waals surface area (Å²) < 4.78 is 16.4. The number of phenols is 1. The lowest BCUT2D eigenvalue weighted by atomic mass is 9.96. The molecule has 0 spiro atoms. The lowest BCUT2D eigenvalue weighted by Crippen LogP contribution is -2.20. The fraction of sp³-hybridized carbons (Fsp3) is 0.409. The summed E-state index contributed by atoms with van der Waals surface area (Å²) in [5, 5.41) is 10.7. The van der Waals surface area contributed by atoms with Crippen molar-refractivity contribution in [2.24, 2.45) is 0 Å². The van der Waals surface area contributed by atoms with E-state index in [1.165, 1.54) is 7.11 Å². The van der Waals surface area contributed by atoms with Crippen LogP contribution in [-0.4, -0.2) is 31.4 Å². The van der Waals surface area contributed by atoms with Crippen LogP contribution in [0.2, 0.25) is 0 Å². The molecule has 1 aromatic carbocycles. The van der Waals surface area contributed by atoms with Crippen LogP contribution in [0.1, 0.15) is 45.2 Å². The van der Waals surface area contributed by atoms with Gasteiger partial charge in [0.2, 0.25) is 0 Å². The number of aromatic hydroxyl groups is 1. The minimum Gasteiger partial charge on any atom is -0.504 e. The van der Waals surface area contributed by atoms with Crippen molar-refractivity contribution in [3.8, 4) is 17.2 Å². The second-order valence-electron chi connectivity index (χ2n) is 6.54. The van der Waals surface area contributed by atoms with E-state index < -0.39 is 12.1 Å². The van der Waals surface area contributed by atoms with Gasteiger partial charge in [0.15, 0.2) is 11.5 Å². The van der Waals surface area contributed by atoms with E-state index >= 15 is 0 Å². The van der Waals surface area contributed by atoms with E-state index in [1.807, 2.05) is 19.9 Å². The Balaban J connectivity index is 3.40. The Morgan fingerprint density at radius 3 is 2.37 bits per heavy atom. The number of hydrogen-bond acceptors (Lipinski definition) is 5. The first-order valence-corrected chi connectivity index (χ1v) is 8.78. The quantitative estimate of drug-likeness (QED) is 0.395. The molecule has 0 amide bonds. The number of hydrogen-bond donors (Lipinski definition) is 1. The highest BCUT2D eigenvalue weighted by Crippen LogP contribution is 2.43. The van der Waals surface area contributed by atoms with Crippen LogP contribution in [0.25, 0.3) is 5.57 Å². The second kappa shape index (κ2) is 9.86. The van der Waals surface area contributed by atoms with E-state index in [9.17, 15) is 9.90 Å². The van der Waals surface area contributed by atoms with Gasteiger partial charge in [0.05, 0.1) is 14.2 Å². The van der Waals surface area contributed by atoms with Gasteiger partial charge in [-0.15, -0.1) is 0 Å². The van der Waals surface area contributed by atoms with Crippen molar-refractivity contribution >= 4 is 11.5 Å². The first kappa shape index (κ1) is 22.4. The highest BCUT2D eigenvalue weighted by Gasteiger charge is 2.25. The van der Waals surface area contributed by atoms with Gasteiger partial charge in [0.1, 0.15) is 11.9 Å². The first-order valence-electron chi connectivity index (χ1n) is 8.78. The second-order valence-corrected chi connectivity index (χ2v) is 6.54. The number of allylic oxidation sites excluding steroid dienone is 2. The lowest BCUT2D eigenvalue weighted by molar-refractivity contribution is -0.141. The van der Waals surface area contributed by atoms with Crippen molar-refractivity contribution in [2.75, 3.05) is 14.2 Å². The maximum Gasteiger partial charge on any atom is 0.333 e. The molecular weight excluding hydrogens is 344 g/mol. The molecule has 0 bridgehead atoms. The number of rotatable bonds is 8. The van der Waals surface area contributed by atoms with Gasteiger partial charge in [-0.25, -0.2) is 4.79 Å². The Morgan fingerprint density at radius 2 is 1.89 bits per heavy atom. The van der Waals surface area contributed by atoms with E-state index in [-0.39, 0.29) is 5.75 Å². The van der Waals surface area contributed by atoms with Crippen molar-refractivity contribution in [3.63, 3.8) is 0 Å². The SMILES string of the molecule is C=C(c1cc(OC)c(C)c(OC)c1O)[C@H](CC=C(C)C)OC(=O)/C(C)=C\C. The molecule has 1 N–H and O–H groups in total. The molecular formula is C22H30O5. The van der Waals surface area contributed by atoms with E-state index in [0.717, 1.165) is 5.57 Å². The number of benzene rings is 1. The fourth-order valence-corrected chi connectivity index (χ4v) is 2.54. The third-order valence-corrected chi connectivity index (χ3v) is 4.36. The molecule has 0 heterocycles. The van der Waals surface area contributed by atoms with Crippen molar-refractivity contribution in [1.29, 1.82) is 0 Å². The normalized spacial score (nSPS) is 12.2. The van der Waals surface area contributed by atoms with Crippen LogP contribution < -0.4 is 9.47 Å². The van der Waals surface area contributed by atoms with E-state index in [4.69, 9.17) is 14.2 Å². The fourth-order valence-electron chi connectivity index (χ4n) is 2.54. The molecule has 1 rings (SSSR count). The van der Waals surface area contributed by atoms with E-state index in [2.05, 4.69) is 6.58 Å². The van der Waals surface area contributed by atoms with Gasteiger partial charge in [-0.2, -0.15) is 0 Å². The zero-order valence-electron chi connectivity index (χ0n) is 17.3. The smallest absolute Gasteiger partial charge is 0.333 e. The highest BCUT2D eigenvalue weighted by atomic mass is 16.5. The Kier molecular flexibility index (Phi) is 8.16. The minimum atomic E-state index is -0.634. The van der Waals surface area contributed by atoms with Gasteiger partial charge >= 0.3 is 5.97 Å². The summed E-state index contributed by atoms with van der Waals surface area (Å²) in [6.45, 7) is 13.3. The molecule has 0 aliphatic carbocycles. The molecule has 0 unspecified atom stereocenters. The molecule has 5 heteroatoms. The Morgan fingerprint density at radius 1 is 1.26 bits per heavy atom. The molecule has 0 aromatic heterocycles. The number of esters is 1. The predicted octanol–water partition coefficient (Wildman–Crippen LogP) is 4.97. The van der Waals surface area contributed by atoms with Gasteiger partial charge in [-0.05, 0) is 46.3 Å². The Labute approximate surface area is 161 Å². The van der Waals surface area contributed by atoms with Gasteiger partial charge < -0.3 is 19.3 Å². The summed E-state index contributed by atoms with van der Waals surface area (Å²) in [4.78, 5) is 12.3. The van der Waals surface area contributed by atoms with Crippen LogP contribution in [0.15, 0.2) is 35.9 Å². The summed E-state index contributed by atoms with van der Waals surface area (Å²) in [7, 11) is 3.02. The standard InChI is InChI=1S/C22H30O5/c1-9-14(4)22(24)27-18(11-10-13(2)3)15(5)17-12-19(25-7)16(6)21(26-8)20(17)23/h9-10,12,18,23H,5,11H2,1-4,6-8H3/b14-9-/t18-/m0/s1. The molecule has 1 aromatic rings. The first-order chi connectivity index (χ1) is 12.7. The third-order valence-electron chi connectivity index (χ3n) is 4.36. The van der Waals surface area contributed by atoms with Crippen molar-refractivity contribution in [3.05, 3.63) is 47.1 Å². The van der Waals surface area contributed by atoms with Crippen LogP contribution in [0.5, 0.6) is 17.2 Å². The van der Waals surface area contributed by atoms with Gasteiger partial charge in [-0.1, -0.05) is 24.3 Å². The van der Waals surface area contributed by atoms with E-state index in [0.29, 0.717) is 40.2 Å². The van der Waals surface area contributed by atoms with Crippen molar-refractivity contribution in [1.82, 2.24) is 0 Å². The summed E-state index contributed by atoms with van der Waals surface area (Å²) in [6, 6.07) is 1.68. The maximum atomic E-state index is 12.3. The molecule has 0 aliphatic heterocycles. The summed E-state index contributed by atoms with van der Waals surface area (Å²) >= 11 is 0. The zero-order chi connectivity index (χ0) is 20.7. The number of phenolic OH excluding ortho intramolecular Hbond substituents is 1. The average molecular weight is 374 g/mol. The van der Waals surface area contributed by atoms with Crippen LogP contribution >= 0.6 is 0 Å². The Hall–Kier alpha value is -2.69. The molecule has 27 heavy (non-hydrogen) atoms. The third kappa shape index (κ3) is 5.39. The number of carbonyl (C=O) groups excluding carboxylic acids is 1. The predicted molar refractivity (Wildman–Crippen MR) is 108 cm³/mol. The van der Waals surface area contributed by atoms with E-state index in [1.54, 1.807) is 40.0 Å². The van der Waals surface area contributed by atoms with Crippen LogP contribution in [0, 0.1) is 6.92 Å². The van der Waals surface area contributed by atoms with Crippen LogP contribution in [0.3, 0.4) is 0 Å². The molecule has 0 saturated heterocycles. The molecule has 1 atom stereocenters. The van der Waals surface area contributed by atoms with Crippen molar-refractivity contribution < 1.29 is 24.1 Å². The summed E-state index contributed by atoms with van der Waals surface area (Å²) in [6.07, 6.45) is 3.47. The average Bonchev–Trinajstić information content (AvgIpc) is 2.64. The molecule has 0 fully saturated rings. The highest BCUT2D eigenvalue weighted by molar-refractivity contribution is 5.89. The minimum absolute atomic E-state index is 0.0539. The summed E-state index contributed by atoms with van der Waals surface area (Å²) in [5.74, 6) is 0.387. The molecule has 5 nitrogen and oxygen atoms in total. The molecule has 0 radical (unpaired) electrons. The van der Waals surface area contributed by atoms with Crippen molar-refractivity contribution in [2.45, 2.75) is 47.1 Å². The largest absolute Gasteiger partial charge is 0.504 e. The maximum absolute atomic E-state index is 12.3. The van der Waals surface area contributed by atoms with Gasteiger partial charge in [-0.3, -0.25) is 0 Å². The molecule has 0 aliphatic rings. The Bertz CT molecular complexity index is 767. The number of methoxy groups -OCH3 is 2. The summed E-state index contributed by atoms with van der Waals surface area (Å²) in [5.41, 5.74) is 3.17. The number of carbonyl (C=O) groups is 1.